The lowest BCUT2D eigenvalue weighted by molar-refractivity contribution is -0.921. The second kappa shape index (κ2) is 9.11. The van der Waals surface area contributed by atoms with Gasteiger partial charge in [-0.3, -0.25) is 5.32 Å². The second-order valence-electron chi connectivity index (χ2n) is 7.60. The minimum Gasteiger partial charge on any atom is -0.493 e. The Morgan fingerprint density at radius 1 is 1.04 bits per heavy atom. The van der Waals surface area contributed by atoms with Gasteiger partial charge in [-0.2, -0.15) is 0 Å². The fourth-order valence-corrected chi connectivity index (χ4v) is 4.20. The molecule has 0 amide bonds. The van der Waals surface area contributed by atoms with Crippen molar-refractivity contribution < 1.29 is 14.2 Å². The van der Waals surface area contributed by atoms with E-state index in [1.165, 1.54) is 55.5 Å². The zero-order chi connectivity index (χ0) is 19.2. The van der Waals surface area contributed by atoms with Gasteiger partial charge < -0.3 is 9.64 Å². The number of rotatable bonds is 8. The number of quaternary nitrogens is 1. The zero-order valence-electron chi connectivity index (χ0n) is 16.8. The Bertz CT molecular complexity index is 899. The number of para-hydroxylation sites is 3. The lowest BCUT2D eigenvalue weighted by atomic mass is 10.1. The largest absolute Gasteiger partial charge is 0.493 e. The van der Waals surface area contributed by atoms with E-state index in [4.69, 9.17) is 4.74 Å². The third-order valence-electron chi connectivity index (χ3n) is 5.69. The molecule has 1 aromatic heterocycles. The van der Waals surface area contributed by atoms with Crippen molar-refractivity contribution in [2.45, 2.75) is 39.3 Å². The second-order valence-corrected chi connectivity index (χ2v) is 7.60. The number of nitrogens with one attached hydrogen (secondary N) is 3. The third-order valence-corrected chi connectivity index (χ3v) is 5.69. The van der Waals surface area contributed by atoms with Crippen LogP contribution < -0.4 is 19.5 Å². The first-order valence-electron chi connectivity index (χ1n) is 10.6. The number of likely N-dealkylation sites (tertiary alicyclic amines) is 1. The van der Waals surface area contributed by atoms with E-state index in [0.29, 0.717) is 6.61 Å². The predicted octanol–water partition coefficient (Wildman–Crippen LogP) is 2.54. The average Bonchev–Trinajstić information content (AvgIpc) is 3.10. The van der Waals surface area contributed by atoms with E-state index in [2.05, 4.69) is 51.3 Å². The first kappa shape index (κ1) is 18.8. The standard InChI is InChI=1S/C23H30N4O/c1-2-28-22-13-7-4-10-19(22)18-24-23-25-20-11-5-6-12-21(20)27(23)17-16-26-14-8-3-9-15-26/h4-7,10-13H,2-3,8-9,14-18H2,1H3,(H,24,25)/p+2. The topological polar surface area (TPSA) is 45.4 Å². The van der Waals surface area contributed by atoms with E-state index in [0.717, 1.165) is 24.8 Å². The molecule has 1 fully saturated rings. The maximum atomic E-state index is 5.78. The summed E-state index contributed by atoms with van der Waals surface area (Å²) in [6, 6.07) is 16.8. The van der Waals surface area contributed by atoms with Gasteiger partial charge in [-0.15, -0.1) is 0 Å². The molecule has 4 rings (SSSR count). The summed E-state index contributed by atoms with van der Waals surface area (Å²) in [5.41, 5.74) is 3.62. The first-order valence-corrected chi connectivity index (χ1v) is 10.6. The SMILES string of the molecule is CCOc1ccccc1CNc1[nH]c2ccccc2[n+]1CC[NH+]1CCCCC1. The zero-order valence-corrected chi connectivity index (χ0v) is 16.8. The van der Waals surface area contributed by atoms with Crippen LogP contribution >= 0.6 is 0 Å². The molecule has 0 radical (unpaired) electrons. The number of fused-ring (bicyclic) bond motifs is 1. The average molecular weight is 381 g/mol. The summed E-state index contributed by atoms with van der Waals surface area (Å²) in [4.78, 5) is 5.31. The summed E-state index contributed by atoms with van der Waals surface area (Å²) in [5.74, 6) is 2.03. The monoisotopic (exact) mass is 380 g/mol. The lowest BCUT2D eigenvalue weighted by Crippen LogP contribution is -3.13. The summed E-state index contributed by atoms with van der Waals surface area (Å²) in [6.07, 6.45) is 4.14. The van der Waals surface area contributed by atoms with E-state index in [1.54, 1.807) is 4.90 Å². The summed E-state index contributed by atoms with van der Waals surface area (Å²) in [7, 11) is 0. The van der Waals surface area contributed by atoms with Crippen LogP contribution in [0.5, 0.6) is 5.75 Å². The number of hydrogen-bond acceptors (Lipinski definition) is 2. The Hall–Kier alpha value is -2.53. The summed E-state index contributed by atoms with van der Waals surface area (Å²) in [6.45, 7) is 8.27. The number of imidazole rings is 1. The molecule has 1 aliphatic heterocycles. The van der Waals surface area contributed by atoms with Crippen molar-refractivity contribution in [3.63, 3.8) is 0 Å². The van der Waals surface area contributed by atoms with Crippen LogP contribution in [0.4, 0.5) is 5.95 Å². The molecule has 0 spiro atoms. The van der Waals surface area contributed by atoms with Crippen LogP contribution in [0.3, 0.4) is 0 Å². The summed E-state index contributed by atoms with van der Waals surface area (Å²) in [5, 5.41) is 3.62. The normalized spacial score (nSPS) is 15.0. The number of piperidine rings is 1. The first-order chi connectivity index (χ1) is 13.8. The number of ether oxygens (including phenoxy) is 1. The Balaban J connectivity index is 1.53. The van der Waals surface area contributed by atoms with Gasteiger partial charge in [0.15, 0.2) is 0 Å². The fraction of sp³-hybridized carbons (Fsp3) is 0.435. The molecule has 3 aromatic rings. The summed E-state index contributed by atoms with van der Waals surface area (Å²) < 4.78 is 8.18. The van der Waals surface area contributed by atoms with Gasteiger partial charge in [0.05, 0.1) is 26.2 Å². The van der Waals surface area contributed by atoms with Crippen LogP contribution in [-0.4, -0.2) is 31.2 Å². The van der Waals surface area contributed by atoms with Crippen LogP contribution in [0.25, 0.3) is 11.0 Å². The van der Waals surface area contributed by atoms with E-state index in [-0.39, 0.29) is 0 Å². The van der Waals surface area contributed by atoms with Crippen LogP contribution in [0.2, 0.25) is 0 Å². The number of aromatic amines is 1. The van der Waals surface area contributed by atoms with Crippen molar-refractivity contribution >= 4 is 17.0 Å². The molecular weight excluding hydrogens is 348 g/mol. The van der Waals surface area contributed by atoms with E-state index in [1.807, 2.05) is 19.1 Å². The lowest BCUT2D eigenvalue weighted by Gasteiger charge is -2.23. The molecular formula is C23H32N4O+2. The predicted molar refractivity (Wildman–Crippen MR) is 113 cm³/mol. The molecule has 148 valence electrons. The molecule has 2 heterocycles. The minimum absolute atomic E-state index is 0.683. The highest BCUT2D eigenvalue weighted by Crippen LogP contribution is 2.19. The van der Waals surface area contributed by atoms with Crippen molar-refractivity contribution in [3.05, 3.63) is 54.1 Å². The maximum absolute atomic E-state index is 5.78. The van der Waals surface area contributed by atoms with Crippen molar-refractivity contribution in [2.75, 3.05) is 31.6 Å². The van der Waals surface area contributed by atoms with Crippen LogP contribution in [0.1, 0.15) is 31.7 Å². The smallest absolute Gasteiger partial charge is 0.356 e. The third kappa shape index (κ3) is 4.30. The van der Waals surface area contributed by atoms with Gasteiger partial charge in [-0.25, -0.2) is 9.55 Å². The van der Waals surface area contributed by atoms with Crippen molar-refractivity contribution in [1.82, 2.24) is 4.98 Å². The molecule has 0 unspecified atom stereocenters. The highest BCUT2D eigenvalue weighted by atomic mass is 16.5. The number of aromatic nitrogens is 2. The maximum Gasteiger partial charge on any atom is 0.356 e. The molecule has 5 nitrogen and oxygen atoms in total. The number of benzene rings is 2. The van der Waals surface area contributed by atoms with Crippen LogP contribution in [0, 0.1) is 0 Å². The molecule has 1 aliphatic rings. The van der Waals surface area contributed by atoms with Crippen LogP contribution in [-0.2, 0) is 13.1 Å². The molecule has 0 aliphatic carbocycles. The van der Waals surface area contributed by atoms with Gasteiger partial charge in [0.25, 0.3) is 0 Å². The fourth-order valence-electron chi connectivity index (χ4n) is 4.20. The van der Waals surface area contributed by atoms with Crippen molar-refractivity contribution in [1.29, 1.82) is 0 Å². The van der Waals surface area contributed by atoms with Crippen molar-refractivity contribution in [3.8, 4) is 5.75 Å². The molecule has 0 saturated carbocycles. The van der Waals surface area contributed by atoms with E-state index in [9.17, 15) is 0 Å². The van der Waals surface area contributed by atoms with E-state index < -0.39 is 0 Å². The molecule has 0 bridgehead atoms. The number of hydrogen-bond donors (Lipinski definition) is 3. The number of nitrogens with zero attached hydrogens (tertiary/aromatic N) is 1. The molecule has 0 atom stereocenters. The number of anilines is 1. The Labute approximate surface area is 167 Å². The minimum atomic E-state index is 0.683. The summed E-state index contributed by atoms with van der Waals surface area (Å²) >= 11 is 0. The van der Waals surface area contributed by atoms with Gasteiger partial charge in [-0.05, 0) is 44.4 Å². The number of H-pyrrole nitrogens is 1. The van der Waals surface area contributed by atoms with Gasteiger partial charge in [0.2, 0.25) is 0 Å². The van der Waals surface area contributed by atoms with Crippen LogP contribution in [0.15, 0.2) is 48.5 Å². The Kier molecular flexibility index (Phi) is 6.12. The molecule has 3 N–H and O–H groups in total. The van der Waals surface area contributed by atoms with E-state index >= 15 is 0 Å². The Morgan fingerprint density at radius 3 is 2.68 bits per heavy atom. The quantitative estimate of drug-likeness (QED) is 0.526. The molecule has 1 saturated heterocycles. The molecule has 5 heteroatoms. The Morgan fingerprint density at radius 2 is 1.82 bits per heavy atom. The molecule has 2 aromatic carbocycles. The van der Waals surface area contributed by atoms with Crippen molar-refractivity contribution in [2.24, 2.45) is 0 Å². The highest BCUT2D eigenvalue weighted by Gasteiger charge is 2.20. The van der Waals surface area contributed by atoms with Gasteiger partial charge in [0.1, 0.15) is 29.9 Å². The van der Waals surface area contributed by atoms with Gasteiger partial charge in [-0.1, -0.05) is 30.3 Å². The van der Waals surface area contributed by atoms with Gasteiger partial charge in [0, 0.05) is 5.56 Å². The highest BCUT2D eigenvalue weighted by molar-refractivity contribution is 5.72. The van der Waals surface area contributed by atoms with Gasteiger partial charge >= 0.3 is 5.95 Å². The molecule has 28 heavy (non-hydrogen) atoms.